The molecule has 98 valence electrons. The zero-order valence-corrected chi connectivity index (χ0v) is 10.4. The molecule has 1 aromatic rings. The minimum atomic E-state index is -0.419. The third-order valence-corrected chi connectivity index (χ3v) is 3.51. The van der Waals surface area contributed by atoms with Crippen LogP contribution in [0.4, 0.5) is 11.4 Å². The molecule has 5 nitrogen and oxygen atoms in total. The lowest BCUT2D eigenvalue weighted by Crippen LogP contribution is -2.36. The van der Waals surface area contributed by atoms with Gasteiger partial charge in [0, 0.05) is 6.07 Å². The number of aryl methyl sites for hydroxylation is 1. The summed E-state index contributed by atoms with van der Waals surface area (Å²) in [5.74, 6) is 0. The van der Waals surface area contributed by atoms with Crippen LogP contribution in [-0.2, 0) is 0 Å². The molecule has 2 rings (SSSR count). The summed E-state index contributed by atoms with van der Waals surface area (Å²) >= 11 is 0. The van der Waals surface area contributed by atoms with E-state index in [1.807, 2.05) is 13.0 Å². The van der Waals surface area contributed by atoms with Gasteiger partial charge >= 0.3 is 0 Å². The lowest BCUT2D eigenvalue weighted by atomic mass is 9.92. The first-order chi connectivity index (χ1) is 8.59. The van der Waals surface area contributed by atoms with Crippen LogP contribution in [0.3, 0.4) is 0 Å². The normalized spacial score (nSPS) is 23.7. The first-order valence-corrected chi connectivity index (χ1v) is 6.28. The van der Waals surface area contributed by atoms with E-state index in [0.29, 0.717) is 5.69 Å². The van der Waals surface area contributed by atoms with Crippen LogP contribution in [0.15, 0.2) is 18.2 Å². The number of aliphatic hydroxyl groups excluding tert-OH is 1. The van der Waals surface area contributed by atoms with Crippen LogP contribution in [0, 0.1) is 17.0 Å². The molecule has 1 aromatic carbocycles. The number of hydrogen-bond acceptors (Lipinski definition) is 4. The molecule has 0 spiro atoms. The van der Waals surface area contributed by atoms with Crippen LogP contribution >= 0.6 is 0 Å². The second-order valence-corrected chi connectivity index (χ2v) is 4.83. The van der Waals surface area contributed by atoms with Gasteiger partial charge in [-0.1, -0.05) is 25.0 Å². The molecule has 2 atom stereocenters. The highest BCUT2D eigenvalue weighted by atomic mass is 16.6. The van der Waals surface area contributed by atoms with Crippen molar-refractivity contribution < 1.29 is 10.0 Å². The van der Waals surface area contributed by atoms with Gasteiger partial charge in [0.2, 0.25) is 0 Å². The van der Waals surface area contributed by atoms with Gasteiger partial charge in [0.05, 0.1) is 17.1 Å². The fourth-order valence-electron chi connectivity index (χ4n) is 2.46. The van der Waals surface area contributed by atoms with E-state index in [9.17, 15) is 15.2 Å². The number of nitro groups is 1. The van der Waals surface area contributed by atoms with Gasteiger partial charge in [0.15, 0.2) is 0 Å². The molecule has 0 unspecified atom stereocenters. The summed E-state index contributed by atoms with van der Waals surface area (Å²) in [5.41, 5.74) is 1.45. The summed E-state index contributed by atoms with van der Waals surface area (Å²) < 4.78 is 0. The fourth-order valence-corrected chi connectivity index (χ4v) is 2.46. The molecule has 1 saturated carbocycles. The summed E-state index contributed by atoms with van der Waals surface area (Å²) in [4.78, 5) is 10.6. The van der Waals surface area contributed by atoms with E-state index >= 15 is 0 Å². The van der Waals surface area contributed by atoms with Crippen LogP contribution in [0.2, 0.25) is 0 Å². The number of nitrogens with zero attached hydrogens (tertiary/aromatic N) is 1. The predicted octanol–water partition coefficient (Wildman–Crippen LogP) is 2.62. The Morgan fingerprint density at radius 3 is 2.78 bits per heavy atom. The molecule has 18 heavy (non-hydrogen) atoms. The first-order valence-electron chi connectivity index (χ1n) is 6.28. The van der Waals surface area contributed by atoms with Crippen LogP contribution in [0.25, 0.3) is 0 Å². The summed E-state index contributed by atoms with van der Waals surface area (Å²) in [7, 11) is 0. The SMILES string of the molecule is Cc1cccc([N+](=O)[O-])c1N[C@@H]1CCCC[C@H]1O. The lowest BCUT2D eigenvalue weighted by molar-refractivity contribution is -0.384. The largest absolute Gasteiger partial charge is 0.391 e. The van der Waals surface area contributed by atoms with Gasteiger partial charge in [0.25, 0.3) is 5.69 Å². The lowest BCUT2D eigenvalue weighted by Gasteiger charge is -2.29. The monoisotopic (exact) mass is 250 g/mol. The molecule has 0 saturated heterocycles. The second kappa shape index (κ2) is 5.35. The molecule has 5 heteroatoms. The van der Waals surface area contributed by atoms with E-state index in [2.05, 4.69) is 5.32 Å². The minimum absolute atomic E-state index is 0.0766. The first kappa shape index (κ1) is 12.8. The third-order valence-electron chi connectivity index (χ3n) is 3.51. The van der Waals surface area contributed by atoms with Crippen molar-refractivity contribution in [2.45, 2.75) is 44.8 Å². The highest BCUT2D eigenvalue weighted by molar-refractivity contribution is 5.66. The Morgan fingerprint density at radius 1 is 1.39 bits per heavy atom. The standard InChI is InChI=1S/C13H18N2O3/c1-9-5-4-7-11(15(17)18)13(9)14-10-6-2-3-8-12(10)16/h4-5,7,10,12,14,16H,2-3,6,8H2,1H3/t10-,12-/m1/s1. The Labute approximate surface area is 106 Å². The molecule has 0 aromatic heterocycles. The molecule has 0 heterocycles. The highest BCUT2D eigenvalue weighted by Gasteiger charge is 2.26. The van der Waals surface area contributed by atoms with Gasteiger partial charge in [-0.3, -0.25) is 10.1 Å². The maximum atomic E-state index is 11.0. The molecule has 2 N–H and O–H groups in total. The number of para-hydroxylation sites is 1. The van der Waals surface area contributed by atoms with Crippen molar-refractivity contribution in [1.82, 2.24) is 0 Å². The molecule has 1 aliphatic carbocycles. The number of nitro benzene ring substituents is 1. The fraction of sp³-hybridized carbons (Fsp3) is 0.538. The maximum absolute atomic E-state index is 11.0. The average Bonchev–Trinajstić information content (AvgIpc) is 2.34. The summed E-state index contributed by atoms with van der Waals surface area (Å²) in [6, 6.07) is 4.92. The Hall–Kier alpha value is -1.62. The highest BCUT2D eigenvalue weighted by Crippen LogP contribution is 2.31. The van der Waals surface area contributed by atoms with Crippen molar-refractivity contribution in [1.29, 1.82) is 0 Å². The maximum Gasteiger partial charge on any atom is 0.292 e. The number of benzene rings is 1. The minimum Gasteiger partial charge on any atom is -0.391 e. The molecule has 0 amide bonds. The zero-order valence-electron chi connectivity index (χ0n) is 10.4. The molecule has 0 bridgehead atoms. The topological polar surface area (TPSA) is 75.4 Å². The summed E-state index contributed by atoms with van der Waals surface area (Å²) in [6.07, 6.45) is 3.27. The number of nitrogens with one attached hydrogen (secondary N) is 1. The quantitative estimate of drug-likeness (QED) is 0.638. The molecule has 1 fully saturated rings. The average molecular weight is 250 g/mol. The van der Waals surface area contributed by atoms with Crippen molar-refractivity contribution in [2.75, 3.05) is 5.32 Å². The zero-order chi connectivity index (χ0) is 13.1. The Balaban J connectivity index is 2.24. The molecule has 0 aliphatic heterocycles. The van der Waals surface area contributed by atoms with Crippen molar-refractivity contribution >= 4 is 11.4 Å². The van der Waals surface area contributed by atoms with Crippen molar-refractivity contribution in [3.8, 4) is 0 Å². The van der Waals surface area contributed by atoms with Crippen LogP contribution in [0.1, 0.15) is 31.2 Å². The van der Waals surface area contributed by atoms with Crippen molar-refractivity contribution in [3.05, 3.63) is 33.9 Å². The second-order valence-electron chi connectivity index (χ2n) is 4.83. The number of rotatable bonds is 3. The number of hydrogen-bond donors (Lipinski definition) is 2. The Kier molecular flexibility index (Phi) is 3.81. The predicted molar refractivity (Wildman–Crippen MR) is 69.7 cm³/mol. The molecule has 0 radical (unpaired) electrons. The summed E-state index contributed by atoms with van der Waals surface area (Å²) in [5, 5.41) is 24.1. The van der Waals surface area contributed by atoms with E-state index in [-0.39, 0.29) is 16.7 Å². The Morgan fingerprint density at radius 2 is 2.11 bits per heavy atom. The molecule has 1 aliphatic rings. The Bertz CT molecular complexity index is 448. The summed E-state index contributed by atoms with van der Waals surface area (Å²) in [6.45, 7) is 1.84. The smallest absolute Gasteiger partial charge is 0.292 e. The molecular weight excluding hydrogens is 232 g/mol. The van der Waals surface area contributed by atoms with Crippen molar-refractivity contribution in [3.63, 3.8) is 0 Å². The van der Waals surface area contributed by atoms with Crippen LogP contribution in [0.5, 0.6) is 0 Å². The number of aliphatic hydroxyl groups is 1. The van der Waals surface area contributed by atoms with Gasteiger partial charge in [-0.25, -0.2) is 0 Å². The van der Waals surface area contributed by atoms with Crippen LogP contribution in [-0.4, -0.2) is 22.2 Å². The van der Waals surface area contributed by atoms with E-state index in [1.165, 1.54) is 6.07 Å². The van der Waals surface area contributed by atoms with Crippen molar-refractivity contribution in [2.24, 2.45) is 0 Å². The van der Waals surface area contributed by atoms with Gasteiger partial charge in [0.1, 0.15) is 5.69 Å². The molecular formula is C13H18N2O3. The third kappa shape index (κ3) is 2.61. The van der Waals surface area contributed by atoms with E-state index in [1.54, 1.807) is 6.07 Å². The van der Waals surface area contributed by atoms with Crippen LogP contribution < -0.4 is 5.32 Å². The van der Waals surface area contributed by atoms with E-state index in [0.717, 1.165) is 31.2 Å². The van der Waals surface area contributed by atoms with Gasteiger partial charge in [-0.15, -0.1) is 0 Å². The number of anilines is 1. The van der Waals surface area contributed by atoms with E-state index in [4.69, 9.17) is 0 Å². The van der Waals surface area contributed by atoms with Gasteiger partial charge in [-0.2, -0.15) is 0 Å². The van der Waals surface area contributed by atoms with Gasteiger partial charge in [-0.05, 0) is 25.3 Å². The van der Waals surface area contributed by atoms with E-state index < -0.39 is 6.10 Å². The van der Waals surface area contributed by atoms with Gasteiger partial charge < -0.3 is 10.4 Å².